The molecule has 0 bridgehead atoms. The van der Waals surface area contributed by atoms with E-state index in [1.807, 2.05) is 0 Å². The number of hydrogen-bond acceptors (Lipinski definition) is 4. The summed E-state index contributed by atoms with van der Waals surface area (Å²) >= 11 is 0. The molecule has 2 fully saturated rings. The summed E-state index contributed by atoms with van der Waals surface area (Å²) in [7, 11) is 0. The van der Waals surface area contributed by atoms with Crippen LogP contribution in [0.2, 0.25) is 0 Å². The highest BCUT2D eigenvalue weighted by Gasteiger charge is 2.24. The lowest BCUT2D eigenvalue weighted by atomic mass is 9.89. The molecule has 4 aliphatic rings. The average Bonchev–Trinajstić information content (AvgIpc) is 3.29. The number of ether oxygens (including phenoxy) is 2. The molecule has 21 heavy (non-hydrogen) atoms. The van der Waals surface area contributed by atoms with Crippen LogP contribution in [0.5, 0.6) is 0 Å². The Kier molecular flexibility index (Phi) is 5.53. The Hall–Kier alpha value is -1.06. The maximum absolute atomic E-state index is 5.44. The van der Waals surface area contributed by atoms with Crippen LogP contribution in [0.4, 0.5) is 0 Å². The zero-order valence-corrected chi connectivity index (χ0v) is 13.1. The maximum Gasteiger partial charge on any atom is 0.186 e. The van der Waals surface area contributed by atoms with E-state index in [-0.39, 0.29) is 0 Å². The molecule has 0 N–H and O–H groups in total. The molecule has 0 spiro atoms. The van der Waals surface area contributed by atoms with E-state index >= 15 is 0 Å². The normalized spacial score (nSPS) is 26.5. The summed E-state index contributed by atoms with van der Waals surface area (Å²) in [4.78, 5) is 8.67. The lowest BCUT2D eigenvalue weighted by Crippen LogP contribution is -2.17. The van der Waals surface area contributed by atoms with Crippen molar-refractivity contribution in [2.75, 3.05) is 26.3 Å². The van der Waals surface area contributed by atoms with Gasteiger partial charge in [-0.2, -0.15) is 0 Å². The maximum atomic E-state index is 5.44. The van der Waals surface area contributed by atoms with Crippen LogP contribution in [0.25, 0.3) is 0 Å². The number of aliphatic imine (C=N–C) groups is 2. The fourth-order valence-electron chi connectivity index (χ4n) is 3.72. The first-order valence-electron chi connectivity index (χ1n) is 8.78. The van der Waals surface area contributed by atoms with Gasteiger partial charge in [-0.05, 0) is 25.7 Å². The number of rotatable bonds is 2. The highest BCUT2D eigenvalue weighted by Crippen LogP contribution is 2.27. The van der Waals surface area contributed by atoms with Gasteiger partial charge in [-0.15, -0.1) is 0 Å². The topological polar surface area (TPSA) is 43.2 Å². The minimum absolute atomic E-state index is 0.672. The lowest BCUT2D eigenvalue weighted by Gasteiger charge is -2.20. The second kappa shape index (κ2) is 7.81. The molecule has 0 unspecified atom stereocenters. The predicted octanol–water partition coefficient (Wildman–Crippen LogP) is 3.60. The van der Waals surface area contributed by atoms with E-state index in [0.717, 1.165) is 38.1 Å². The molecule has 0 amide bonds. The first-order valence-corrected chi connectivity index (χ1v) is 8.78. The Morgan fingerprint density at radius 2 is 1.05 bits per heavy atom. The van der Waals surface area contributed by atoms with Gasteiger partial charge in [0.2, 0.25) is 0 Å². The molecule has 4 heteroatoms. The predicted molar refractivity (Wildman–Crippen MR) is 85.0 cm³/mol. The highest BCUT2D eigenvalue weighted by molar-refractivity contribution is 5.80. The van der Waals surface area contributed by atoms with Gasteiger partial charge in [-0.1, -0.05) is 32.1 Å². The van der Waals surface area contributed by atoms with Gasteiger partial charge in [0.1, 0.15) is 13.2 Å². The van der Waals surface area contributed by atoms with Gasteiger partial charge in [0.25, 0.3) is 0 Å². The molecule has 0 aromatic carbocycles. The first kappa shape index (κ1) is 14.9. The van der Waals surface area contributed by atoms with Crippen LogP contribution < -0.4 is 0 Å². The van der Waals surface area contributed by atoms with Crippen LogP contribution >= 0.6 is 0 Å². The zero-order chi connectivity index (χ0) is 14.3. The Labute approximate surface area is 128 Å². The molecule has 2 saturated carbocycles. The summed E-state index contributed by atoms with van der Waals surface area (Å²) in [5, 5.41) is 0. The van der Waals surface area contributed by atoms with Crippen molar-refractivity contribution in [2.24, 2.45) is 21.8 Å². The molecule has 0 aromatic heterocycles. The van der Waals surface area contributed by atoms with Crippen molar-refractivity contribution in [3.05, 3.63) is 0 Å². The minimum atomic E-state index is 0.672. The van der Waals surface area contributed by atoms with Crippen molar-refractivity contribution in [1.82, 2.24) is 0 Å². The Morgan fingerprint density at radius 1 is 0.619 bits per heavy atom. The third-order valence-corrected chi connectivity index (χ3v) is 4.88. The Morgan fingerprint density at radius 3 is 1.43 bits per heavy atom. The van der Waals surface area contributed by atoms with Crippen molar-refractivity contribution in [2.45, 2.75) is 57.8 Å². The van der Waals surface area contributed by atoms with Crippen molar-refractivity contribution in [3.63, 3.8) is 0 Å². The quantitative estimate of drug-likeness (QED) is 0.780. The van der Waals surface area contributed by atoms with Gasteiger partial charge in [-0.3, -0.25) is 9.98 Å². The summed E-state index contributed by atoms with van der Waals surface area (Å²) in [5.74, 6) is 3.47. The van der Waals surface area contributed by atoms with E-state index in [4.69, 9.17) is 9.47 Å². The monoisotopic (exact) mass is 292 g/mol. The van der Waals surface area contributed by atoms with Crippen LogP contribution in [-0.2, 0) is 9.47 Å². The van der Waals surface area contributed by atoms with Crippen LogP contribution in [0, 0.1) is 11.8 Å². The molecule has 0 atom stereocenters. The van der Waals surface area contributed by atoms with Crippen molar-refractivity contribution < 1.29 is 9.47 Å². The smallest absolute Gasteiger partial charge is 0.186 e. The molecule has 0 aromatic rings. The van der Waals surface area contributed by atoms with Crippen molar-refractivity contribution in [1.29, 1.82) is 0 Å². The van der Waals surface area contributed by atoms with Crippen molar-refractivity contribution in [3.8, 4) is 0 Å². The van der Waals surface area contributed by atoms with E-state index in [2.05, 4.69) is 9.98 Å². The molecule has 2 heterocycles. The fraction of sp³-hybridized carbons (Fsp3) is 0.882. The Bertz CT molecular complexity index is 380. The van der Waals surface area contributed by atoms with Gasteiger partial charge in [0.15, 0.2) is 11.8 Å². The average molecular weight is 292 g/mol. The Balaban J connectivity index is 0.000000126. The van der Waals surface area contributed by atoms with Gasteiger partial charge in [-0.25, -0.2) is 0 Å². The molecule has 2 aliphatic carbocycles. The molecule has 4 nitrogen and oxygen atoms in total. The number of hydrogen-bond donors (Lipinski definition) is 0. The third-order valence-electron chi connectivity index (χ3n) is 4.88. The first-order chi connectivity index (χ1) is 10.4. The van der Waals surface area contributed by atoms with Crippen LogP contribution in [0.15, 0.2) is 9.98 Å². The molecular weight excluding hydrogens is 264 g/mol. The van der Waals surface area contributed by atoms with Crippen LogP contribution in [0.3, 0.4) is 0 Å². The molecule has 0 saturated heterocycles. The summed E-state index contributed by atoms with van der Waals surface area (Å²) in [6, 6.07) is 0. The molecule has 118 valence electrons. The van der Waals surface area contributed by atoms with Gasteiger partial charge >= 0.3 is 0 Å². The van der Waals surface area contributed by atoms with E-state index in [1.54, 1.807) is 0 Å². The summed E-state index contributed by atoms with van der Waals surface area (Å²) in [6.07, 6.45) is 12.1. The number of nitrogens with zero attached hydrogens (tertiary/aromatic N) is 2. The molecule has 4 rings (SSSR count). The van der Waals surface area contributed by atoms with Gasteiger partial charge in [0, 0.05) is 11.8 Å². The van der Waals surface area contributed by atoms with E-state index in [9.17, 15) is 0 Å². The van der Waals surface area contributed by atoms with Crippen LogP contribution in [0.1, 0.15) is 57.8 Å². The minimum Gasteiger partial charge on any atom is -0.479 e. The SMILES string of the molecule is C1CCC(C2=NCCO2)C1.C1CCC(C2=NCCO2)CC1. The standard InChI is InChI=1S/C9H15NO.C8H13NO/c1-2-4-8(5-3-1)9-10-6-7-11-9;1-2-4-7(3-1)8-9-5-6-10-8/h8H,1-7H2;7H,1-6H2. The van der Waals surface area contributed by atoms with E-state index in [0.29, 0.717) is 11.8 Å². The zero-order valence-electron chi connectivity index (χ0n) is 13.1. The van der Waals surface area contributed by atoms with E-state index in [1.165, 1.54) is 57.8 Å². The largest absolute Gasteiger partial charge is 0.479 e. The third kappa shape index (κ3) is 4.21. The van der Waals surface area contributed by atoms with Gasteiger partial charge in [0.05, 0.1) is 13.1 Å². The molecule has 2 aliphatic heterocycles. The summed E-state index contributed by atoms with van der Waals surface area (Å²) < 4.78 is 10.8. The molecular formula is C17H28N2O2. The van der Waals surface area contributed by atoms with Crippen molar-refractivity contribution >= 4 is 11.8 Å². The lowest BCUT2D eigenvalue weighted by molar-refractivity contribution is 0.299. The van der Waals surface area contributed by atoms with E-state index < -0.39 is 0 Å². The fourth-order valence-corrected chi connectivity index (χ4v) is 3.72. The molecule has 0 radical (unpaired) electrons. The van der Waals surface area contributed by atoms with Gasteiger partial charge < -0.3 is 9.47 Å². The van der Waals surface area contributed by atoms with Crippen LogP contribution in [-0.4, -0.2) is 38.1 Å². The second-order valence-corrected chi connectivity index (χ2v) is 6.45. The summed E-state index contributed by atoms with van der Waals surface area (Å²) in [5.41, 5.74) is 0. The second-order valence-electron chi connectivity index (χ2n) is 6.45. The highest BCUT2D eigenvalue weighted by atomic mass is 16.5. The summed E-state index contributed by atoms with van der Waals surface area (Å²) in [6.45, 7) is 3.44.